The minimum Gasteiger partial charge on any atom is -0.368 e. The van der Waals surface area contributed by atoms with E-state index in [2.05, 4.69) is 96.4 Å². The second kappa shape index (κ2) is 8.76. The molecule has 3 aromatic rings. The van der Waals surface area contributed by atoms with Gasteiger partial charge in [0, 0.05) is 48.2 Å². The highest BCUT2D eigenvalue weighted by Gasteiger charge is 2.18. The van der Waals surface area contributed by atoms with Crippen LogP contribution in [0.25, 0.3) is 0 Å². The van der Waals surface area contributed by atoms with Crippen LogP contribution in [0.1, 0.15) is 5.56 Å². The molecule has 0 radical (unpaired) electrons. The zero-order chi connectivity index (χ0) is 18.5. The van der Waals surface area contributed by atoms with Crippen molar-refractivity contribution in [2.75, 3.05) is 36.0 Å². The van der Waals surface area contributed by atoms with Crippen LogP contribution in [0.5, 0.6) is 0 Å². The topological polar surface area (TPSA) is 32.3 Å². The van der Waals surface area contributed by atoms with Gasteiger partial charge in [-0.2, -0.15) is 0 Å². The van der Waals surface area contributed by atoms with Gasteiger partial charge in [0.25, 0.3) is 0 Å². The van der Waals surface area contributed by atoms with Gasteiger partial charge in [0.05, 0.1) is 0 Å². The number of rotatable bonds is 5. The van der Waals surface area contributed by atoms with Crippen molar-refractivity contribution in [1.82, 2.24) is 9.97 Å². The molecular weight excluding hydrogens is 420 g/mol. The van der Waals surface area contributed by atoms with E-state index in [9.17, 15) is 0 Å². The maximum atomic E-state index is 4.50. The molecule has 1 aromatic heterocycles. The van der Waals surface area contributed by atoms with Crippen molar-refractivity contribution in [3.8, 4) is 0 Å². The lowest BCUT2D eigenvalue weighted by atomic mass is 10.2. The molecule has 0 N–H and O–H groups in total. The number of piperazine rings is 1. The van der Waals surface area contributed by atoms with Gasteiger partial charge in [-0.25, -0.2) is 9.97 Å². The smallest absolute Gasteiger partial charge is 0.133 e. The number of thioether (sulfide) groups is 1. The van der Waals surface area contributed by atoms with Gasteiger partial charge >= 0.3 is 0 Å². The highest BCUT2D eigenvalue weighted by Crippen LogP contribution is 2.25. The average Bonchev–Trinajstić information content (AvgIpc) is 2.74. The summed E-state index contributed by atoms with van der Waals surface area (Å²) in [5.74, 6) is 1.93. The molecule has 2 heterocycles. The zero-order valence-electron chi connectivity index (χ0n) is 15.0. The van der Waals surface area contributed by atoms with Gasteiger partial charge in [0.15, 0.2) is 0 Å². The summed E-state index contributed by atoms with van der Waals surface area (Å²) in [5.41, 5.74) is 2.59. The van der Waals surface area contributed by atoms with Crippen molar-refractivity contribution in [2.45, 2.75) is 10.8 Å². The largest absolute Gasteiger partial charge is 0.368 e. The van der Waals surface area contributed by atoms with E-state index >= 15 is 0 Å². The number of para-hydroxylation sites is 1. The number of anilines is 2. The number of benzene rings is 2. The third kappa shape index (κ3) is 4.82. The first-order chi connectivity index (χ1) is 13.3. The highest BCUT2D eigenvalue weighted by molar-refractivity contribution is 9.10. The molecule has 0 bridgehead atoms. The fourth-order valence-electron chi connectivity index (χ4n) is 3.15. The van der Waals surface area contributed by atoms with E-state index in [1.807, 2.05) is 0 Å². The molecule has 1 fully saturated rings. The van der Waals surface area contributed by atoms with Crippen molar-refractivity contribution in [3.63, 3.8) is 0 Å². The lowest BCUT2D eigenvalue weighted by Gasteiger charge is -2.36. The summed E-state index contributed by atoms with van der Waals surface area (Å²) in [4.78, 5) is 13.7. The summed E-state index contributed by atoms with van der Waals surface area (Å²) >= 11 is 5.23. The first-order valence-electron chi connectivity index (χ1n) is 9.02. The van der Waals surface area contributed by atoms with Crippen LogP contribution in [0, 0.1) is 0 Å². The summed E-state index contributed by atoms with van der Waals surface area (Å²) in [7, 11) is 0. The molecule has 1 aliphatic heterocycles. The van der Waals surface area contributed by atoms with E-state index in [0.717, 1.165) is 47.2 Å². The highest BCUT2D eigenvalue weighted by atomic mass is 79.9. The van der Waals surface area contributed by atoms with Gasteiger partial charge in [0.1, 0.15) is 17.2 Å². The quantitative estimate of drug-likeness (QED) is 0.417. The van der Waals surface area contributed by atoms with Crippen LogP contribution < -0.4 is 9.80 Å². The number of aromatic nitrogens is 2. The molecule has 0 spiro atoms. The summed E-state index contributed by atoms with van der Waals surface area (Å²) in [6.07, 6.45) is 1.68. The Morgan fingerprint density at radius 1 is 0.852 bits per heavy atom. The van der Waals surface area contributed by atoms with E-state index in [0.29, 0.717) is 0 Å². The van der Waals surface area contributed by atoms with Crippen LogP contribution >= 0.6 is 27.7 Å². The normalized spacial score (nSPS) is 14.4. The lowest BCUT2D eigenvalue weighted by Crippen LogP contribution is -2.46. The van der Waals surface area contributed by atoms with Crippen LogP contribution in [0.4, 0.5) is 11.5 Å². The molecule has 6 heteroatoms. The first-order valence-corrected chi connectivity index (χ1v) is 10.8. The second-order valence-corrected chi connectivity index (χ2v) is 8.35. The van der Waals surface area contributed by atoms with Gasteiger partial charge in [0.2, 0.25) is 0 Å². The Hall–Kier alpha value is -2.05. The summed E-state index contributed by atoms with van der Waals surface area (Å²) in [5, 5.41) is 1.02. The van der Waals surface area contributed by atoms with Gasteiger partial charge in [-0.3, -0.25) is 0 Å². The van der Waals surface area contributed by atoms with Gasteiger partial charge in [-0.1, -0.05) is 46.3 Å². The lowest BCUT2D eigenvalue weighted by molar-refractivity contribution is 0.645. The number of hydrogen-bond acceptors (Lipinski definition) is 5. The molecule has 1 aliphatic rings. The fourth-order valence-corrected chi connectivity index (χ4v) is 4.23. The Balaban J connectivity index is 1.36. The molecular formula is C21H21BrN4S. The minimum absolute atomic E-state index is 0.908. The molecule has 0 unspecified atom stereocenters. The number of nitrogens with zero attached hydrogens (tertiary/aromatic N) is 4. The molecule has 138 valence electrons. The molecule has 0 atom stereocenters. The average molecular weight is 441 g/mol. The Labute approximate surface area is 172 Å². The van der Waals surface area contributed by atoms with Crippen molar-refractivity contribution in [2.24, 2.45) is 0 Å². The Morgan fingerprint density at radius 3 is 2.30 bits per heavy atom. The molecule has 0 aliphatic carbocycles. The van der Waals surface area contributed by atoms with Crippen LogP contribution in [-0.2, 0) is 5.75 Å². The third-order valence-electron chi connectivity index (χ3n) is 4.65. The van der Waals surface area contributed by atoms with E-state index in [1.54, 1.807) is 18.1 Å². The summed E-state index contributed by atoms with van der Waals surface area (Å²) in [6, 6.07) is 21.2. The Bertz CT molecular complexity index is 865. The summed E-state index contributed by atoms with van der Waals surface area (Å²) in [6.45, 7) is 3.97. The summed E-state index contributed by atoms with van der Waals surface area (Å²) < 4.78 is 1.11. The zero-order valence-corrected chi connectivity index (χ0v) is 17.4. The molecule has 4 rings (SSSR count). The molecule has 4 nitrogen and oxygen atoms in total. The maximum Gasteiger partial charge on any atom is 0.133 e. The van der Waals surface area contributed by atoms with Crippen LogP contribution in [0.3, 0.4) is 0 Å². The Morgan fingerprint density at radius 2 is 1.56 bits per heavy atom. The predicted octanol–water partition coefficient (Wildman–Crippen LogP) is 4.86. The van der Waals surface area contributed by atoms with Crippen LogP contribution in [-0.4, -0.2) is 36.1 Å². The molecule has 1 saturated heterocycles. The molecule has 2 aromatic carbocycles. The Kier molecular flexibility index (Phi) is 5.94. The predicted molar refractivity (Wildman–Crippen MR) is 117 cm³/mol. The first kappa shape index (κ1) is 18.3. The fraction of sp³-hybridized carbons (Fsp3) is 0.238. The number of halogens is 1. The number of hydrogen-bond donors (Lipinski definition) is 0. The molecule has 27 heavy (non-hydrogen) atoms. The van der Waals surface area contributed by atoms with Crippen molar-refractivity contribution < 1.29 is 0 Å². The third-order valence-corrected chi connectivity index (χ3v) is 6.18. The van der Waals surface area contributed by atoms with Crippen molar-refractivity contribution in [3.05, 3.63) is 77.0 Å². The van der Waals surface area contributed by atoms with Crippen molar-refractivity contribution in [1.29, 1.82) is 0 Å². The SMILES string of the molecule is Brc1ccc(CSc2cc(N3CCN(c4ccccc4)CC3)ncn2)cc1. The van der Waals surface area contributed by atoms with E-state index in [1.165, 1.54) is 11.3 Å². The van der Waals surface area contributed by atoms with Gasteiger partial charge < -0.3 is 9.80 Å². The van der Waals surface area contributed by atoms with Crippen LogP contribution in [0.2, 0.25) is 0 Å². The monoisotopic (exact) mass is 440 g/mol. The van der Waals surface area contributed by atoms with E-state index < -0.39 is 0 Å². The maximum absolute atomic E-state index is 4.50. The minimum atomic E-state index is 0.908. The molecule has 0 amide bonds. The van der Waals surface area contributed by atoms with Gasteiger partial charge in [-0.05, 0) is 29.8 Å². The standard InChI is InChI=1S/C21H21BrN4S/c22-18-8-6-17(7-9-18)15-27-21-14-20(23-16-24-21)26-12-10-25(11-13-26)19-4-2-1-3-5-19/h1-9,14,16H,10-13,15H2. The van der Waals surface area contributed by atoms with Crippen LogP contribution in [0.15, 0.2) is 76.5 Å². The van der Waals surface area contributed by atoms with E-state index in [4.69, 9.17) is 0 Å². The molecule has 0 saturated carbocycles. The van der Waals surface area contributed by atoms with E-state index in [-0.39, 0.29) is 0 Å². The second-order valence-electron chi connectivity index (χ2n) is 6.44. The van der Waals surface area contributed by atoms with Gasteiger partial charge in [-0.15, -0.1) is 11.8 Å². The van der Waals surface area contributed by atoms with Crippen molar-refractivity contribution >= 4 is 39.2 Å².